The number of H-pyrrole nitrogens is 1. The third-order valence-electron chi connectivity index (χ3n) is 2.83. The molecule has 3 rings (SSSR count). The Bertz CT molecular complexity index is 619. The van der Waals surface area contributed by atoms with Gasteiger partial charge in [0.15, 0.2) is 0 Å². The first-order valence-corrected chi connectivity index (χ1v) is 6.23. The van der Waals surface area contributed by atoms with Gasteiger partial charge in [-0.3, -0.25) is 4.79 Å². The second-order valence-corrected chi connectivity index (χ2v) is 4.67. The van der Waals surface area contributed by atoms with Crippen LogP contribution in [0.3, 0.4) is 0 Å². The monoisotopic (exact) mass is 274 g/mol. The number of rotatable bonds is 3. The van der Waals surface area contributed by atoms with Crippen LogP contribution in [-0.2, 0) is 11.2 Å². The number of nitrogens with one attached hydrogen (secondary N) is 1. The van der Waals surface area contributed by atoms with Gasteiger partial charge in [-0.25, -0.2) is 9.99 Å². The van der Waals surface area contributed by atoms with Crippen LogP contribution in [-0.4, -0.2) is 21.6 Å². The van der Waals surface area contributed by atoms with Crippen molar-refractivity contribution in [3.8, 4) is 0 Å². The average Bonchev–Trinajstić information content (AvgIpc) is 3.01. The smallest absolute Gasteiger partial charge is 0.253 e. The number of imidazole rings is 1. The second kappa shape index (κ2) is 4.85. The molecule has 1 aliphatic rings. The number of halogens is 1. The largest absolute Gasteiger partial charge is 0.348 e. The van der Waals surface area contributed by atoms with E-state index in [0.29, 0.717) is 17.9 Å². The summed E-state index contributed by atoms with van der Waals surface area (Å²) in [5.41, 5.74) is 1.53. The third kappa shape index (κ3) is 2.51. The van der Waals surface area contributed by atoms with Gasteiger partial charge < -0.3 is 4.98 Å². The molecule has 1 aromatic heterocycles. The molecule has 96 valence electrons. The molecule has 2 heterocycles. The molecule has 0 radical (unpaired) electrons. The molecule has 1 aromatic carbocycles. The molecule has 1 aliphatic heterocycles. The Morgan fingerprint density at radius 2 is 2.11 bits per heavy atom. The maximum Gasteiger partial charge on any atom is 0.253 e. The minimum Gasteiger partial charge on any atom is -0.348 e. The van der Waals surface area contributed by atoms with Crippen molar-refractivity contribution in [2.75, 3.05) is 5.01 Å². The summed E-state index contributed by atoms with van der Waals surface area (Å²) in [6.45, 7) is 0. The Morgan fingerprint density at radius 1 is 1.32 bits per heavy atom. The van der Waals surface area contributed by atoms with Crippen molar-refractivity contribution in [1.82, 2.24) is 9.97 Å². The van der Waals surface area contributed by atoms with Crippen LogP contribution in [0.4, 0.5) is 5.69 Å². The van der Waals surface area contributed by atoms with Gasteiger partial charge in [-0.05, 0) is 24.3 Å². The van der Waals surface area contributed by atoms with E-state index < -0.39 is 0 Å². The fraction of sp³-hybridized carbons (Fsp3) is 0.154. The number of anilines is 1. The zero-order valence-electron chi connectivity index (χ0n) is 10.0. The Morgan fingerprint density at radius 3 is 2.79 bits per heavy atom. The third-order valence-corrected chi connectivity index (χ3v) is 3.08. The number of carbonyl (C=O) groups excluding carboxylic acids is 1. The summed E-state index contributed by atoms with van der Waals surface area (Å²) in [4.78, 5) is 19.1. The zero-order chi connectivity index (χ0) is 13.2. The summed E-state index contributed by atoms with van der Waals surface area (Å²) < 4.78 is 0. The zero-order valence-corrected chi connectivity index (χ0v) is 10.8. The van der Waals surface area contributed by atoms with Crippen LogP contribution < -0.4 is 5.01 Å². The van der Waals surface area contributed by atoms with Gasteiger partial charge in [0, 0.05) is 23.8 Å². The highest BCUT2D eigenvalue weighted by Gasteiger charge is 2.25. The van der Waals surface area contributed by atoms with Crippen LogP contribution in [0.5, 0.6) is 0 Å². The lowest BCUT2D eigenvalue weighted by atomic mass is 10.2. The number of hydrogen-bond donors (Lipinski definition) is 1. The first kappa shape index (κ1) is 11.9. The van der Waals surface area contributed by atoms with Crippen LogP contribution in [0.2, 0.25) is 5.02 Å². The van der Waals surface area contributed by atoms with E-state index in [0.717, 1.165) is 17.2 Å². The maximum absolute atomic E-state index is 11.9. The molecule has 0 saturated carbocycles. The molecule has 0 unspecified atom stereocenters. The topological polar surface area (TPSA) is 61.4 Å². The van der Waals surface area contributed by atoms with Crippen LogP contribution in [0.25, 0.3) is 0 Å². The van der Waals surface area contributed by atoms with Gasteiger partial charge in [0.05, 0.1) is 17.8 Å². The molecule has 19 heavy (non-hydrogen) atoms. The van der Waals surface area contributed by atoms with Crippen molar-refractivity contribution in [2.24, 2.45) is 5.10 Å². The fourth-order valence-corrected chi connectivity index (χ4v) is 2.08. The summed E-state index contributed by atoms with van der Waals surface area (Å²) in [6.07, 6.45) is 4.32. The predicted molar refractivity (Wildman–Crippen MR) is 73.3 cm³/mol. The van der Waals surface area contributed by atoms with Crippen molar-refractivity contribution in [3.05, 3.63) is 47.5 Å². The molecular weight excluding hydrogens is 264 g/mol. The number of aromatic nitrogens is 2. The number of benzene rings is 1. The molecule has 5 nitrogen and oxygen atoms in total. The van der Waals surface area contributed by atoms with E-state index in [1.807, 2.05) is 0 Å². The number of hydrazone groups is 1. The lowest BCUT2D eigenvalue weighted by Crippen LogP contribution is -2.19. The molecule has 0 bridgehead atoms. The molecule has 6 heteroatoms. The summed E-state index contributed by atoms with van der Waals surface area (Å²) >= 11 is 5.83. The van der Waals surface area contributed by atoms with E-state index in [1.54, 1.807) is 36.7 Å². The van der Waals surface area contributed by atoms with Crippen LogP contribution in [0, 0.1) is 0 Å². The van der Waals surface area contributed by atoms with E-state index in [-0.39, 0.29) is 5.91 Å². The van der Waals surface area contributed by atoms with Crippen molar-refractivity contribution in [2.45, 2.75) is 12.8 Å². The van der Waals surface area contributed by atoms with Crippen molar-refractivity contribution in [3.63, 3.8) is 0 Å². The minimum atomic E-state index is -0.0381. The quantitative estimate of drug-likeness (QED) is 0.934. The molecule has 1 amide bonds. The van der Waals surface area contributed by atoms with Gasteiger partial charge in [-0.2, -0.15) is 5.10 Å². The molecule has 0 spiro atoms. The molecule has 0 fully saturated rings. The normalized spacial score (nSPS) is 14.9. The van der Waals surface area contributed by atoms with Gasteiger partial charge >= 0.3 is 0 Å². The highest BCUT2D eigenvalue weighted by molar-refractivity contribution is 6.30. The first-order valence-electron chi connectivity index (χ1n) is 5.85. The Balaban J connectivity index is 1.81. The fourth-order valence-electron chi connectivity index (χ4n) is 1.95. The molecule has 2 aromatic rings. The van der Waals surface area contributed by atoms with E-state index in [4.69, 9.17) is 11.6 Å². The molecule has 0 aliphatic carbocycles. The minimum absolute atomic E-state index is 0.0381. The van der Waals surface area contributed by atoms with Crippen molar-refractivity contribution < 1.29 is 4.79 Å². The average molecular weight is 275 g/mol. The van der Waals surface area contributed by atoms with Gasteiger partial charge in [0.2, 0.25) is 0 Å². The highest BCUT2D eigenvalue weighted by Crippen LogP contribution is 2.23. The summed E-state index contributed by atoms with van der Waals surface area (Å²) in [6, 6.07) is 7.04. The van der Waals surface area contributed by atoms with Crippen LogP contribution in [0.1, 0.15) is 12.2 Å². The van der Waals surface area contributed by atoms with Gasteiger partial charge in [0.25, 0.3) is 5.91 Å². The Hall–Kier alpha value is -2.14. The lowest BCUT2D eigenvalue weighted by molar-refractivity contribution is -0.116. The van der Waals surface area contributed by atoms with Crippen molar-refractivity contribution in [1.29, 1.82) is 0 Å². The predicted octanol–water partition coefficient (Wildman–Crippen LogP) is 2.40. The summed E-state index contributed by atoms with van der Waals surface area (Å²) in [5.74, 6) is 0.772. The van der Waals surface area contributed by atoms with Gasteiger partial charge in [-0.1, -0.05) is 11.6 Å². The lowest BCUT2D eigenvalue weighted by Gasteiger charge is -2.11. The van der Waals surface area contributed by atoms with Gasteiger partial charge in [0.1, 0.15) is 5.82 Å². The maximum atomic E-state index is 11.9. The summed E-state index contributed by atoms with van der Waals surface area (Å²) in [5, 5.41) is 6.39. The number of carbonyl (C=O) groups is 1. The number of aromatic amines is 1. The summed E-state index contributed by atoms with van der Waals surface area (Å²) in [7, 11) is 0. The SMILES string of the molecule is O=C1CC(Cc2ncc[nH]2)=NN1c1ccc(Cl)cc1. The van der Waals surface area contributed by atoms with E-state index in [2.05, 4.69) is 15.1 Å². The molecule has 1 N–H and O–H groups in total. The highest BCUT2D eigenvalue weighted by atomic mass is 35.5. The van der Waals surface area contributed by atoms with Gasteiger partial charge in [-0.15, -0.1) is 0 Å². The molecular formula is C13H11ClN4O. The Kier molecular flexibility index (Phi) is 3.05. The molecule has 0 atom stereocenters. The van der Waals surface area contributed by atoms with Crippen LogP contribution >= 0.6 is 11.6 Å². The number of amides is 1. The molecule has 0 saturated heterocycles. The number of hydrogen-bond acceptors (Lipinski definition) is 3. The standard InChI is InChI=1S/C13H11ClN4O/c14-9-1-3-11(4-2-9)18-13(19)8-10(17-18)7-12-15-5-6-16-12/h1-6H,7-8H2,(H,15,16). The van der Waals surface area contributed by atoms with E-state index >= 15 is 0 Å². The second-order valence-electron chi connectivity index (χ2n) is 4.24. The van der Waals surface area contributed by atoms with E-state index in [1.165, 1.54) is 5.01 Å². The van der Waals surface area contributed by atoms with E-state index in [9.17, 15) is 4.79 Å². The number of nitrogens with zero attached hydrogens (tertiary/aromatic N) is 3. The van der Waals surface area contributed by atoms with Crippen molar-refractivity contribution >= 4 is 28.9 Å². The Labute approximate surface area is 114 Å². The van der Waals surface area contributed by atoms with Crippen LogP contribution in [0.15, 0.2) is 41.8 Å². The first-order chi connectivity index (χ1) is 9.22.